The number of nitrogens with zero attached hydrogens (tertiary/aromatic N) is 2. The Morgan fingerprint density at radius 1 is 1.33 bits per heavy atom. The molecular weight excluding hydrogens is 276 g/mol. The molecule has 18 heavy (non-hydrogen) atoms. The molecule has 0 aliphatic carbocycles. The number of thioether (sulfide) groups is 1. The van der Waals surface area contributed by atoms with Gasteiger partial charge in [0.05, 0.1) is 6.04 Å². The Morgan fingerprint density at radius 2 is 1.89 bits per heavy atom. The summed E-state index contributed by atoms with van der Waals surface area (Å²) in [5, 5.41) is 5.02. The molecule has 0 unspecified atom stereocenters. The lowest BCUT2D eigenvalue weighted by Gasteiger charge is -2.34. The molecule has 0 saturated carbocycles. The summed E-state index contributed by atoms with van der Waals surface area (Å²) >= 11 is 1.64. The SMILES string of the molecule is CSCC[C@@H](N)C(=O)N1CCN(S(N)(=O)=O)CC1. The van der Waals surface area contributed by atoms with Crippen molar-refractivity contribution in [2.24, 2.45) is 10.9 Å². The number of rotatable bonds is 5. The van der Waals surface area contributed by atoms with Crippen LogP contribution in [-0.2, 0) is 15.0 Å². The summed E-state index contributed by atoms with van der Waals surface area (Å²) in [6.07, 6.45) is 2.59. The minimum absolute atomic E-state index is 0.113. The maximum atomic E-state index is 12.0. The fraction of sp³-hybridized carbons (Fsp3) is 0.889. The van der Waals surface area contributed by atoms with Crippen LogP contribution < -0.4 is 10.9 Å². The summed E-state index contributed by atoms with van der Waals surface area (Å²) in [5.41, 5.74) is 5.79. The molecule has 1 aliphatic heterocycles. The molecule has 1 aliphatic rings. The second kappa shape index (κ2) is 6.71. The molecule has 0 aromatic carbocycles. The van der Waals surface area contributed by atoms with Crippen LogP contribution in [0.3, 0.4) is 0 Å². The molecule has 0 radical (unpaired) electrons. The number of carbonyl (C=O) groups excluding carboxylic acids is 1. The van der Waals surface area contributed by atoms with Gasteiger partial charge in [-0.05, 0) is 18.4 Å². The quantitative estimate of drug-likeness (QED) is 0.636. The second-order valence-electron chi connectivity index (χ2n) is 4.16. The molecule has 4 N–H and O–H groups in total. The molecule has 0 bridgehead atoms. The second-order valence-corrected chi connectivity index (χ2v) is 6.69. The topological polar surface area (TPSA) is 110 Å². The van der Waals surface area contributed by atoms with Crippen LogP contribution >= 0.6 is 11.8 Å². The zero-order chi connectivity index (χ0) is 13.8. The first kappa shape index (κ1) is 15.7. The fourth-order valence-corrected chi connectivity index (χ4v) is 2.93. The zero-order valence-electron chi connectivity index (χ0n) is 10.4. The van der Waals surface area contributed by atoms with E-state index in [1.165, 1.54) is 4.31 Å². The Kier molecular flexibility index (Phi) is 5.86. The van der Waals surface area contributed by atoms with E-state index < -0.39 is 16.3 Å². The summed E-state index contributed by atoms with van der Waals surface area (Å²) in [6, 6.07) is -0.501. The Morgan fingerprint density at radius 3 is 2.33 bits per heavy atom. The van der Waals surface area contributed by atoms with Crippen molar-refractivity contribution in [1.82, 2.24) is 9.21 Å². The lowest BCUT2D eigenvalue weighted by Crippen LogP contribution is -2.55. The number of hydrogen-bond acceptors (Lipinski definition) is 5. The highest BCUT2D eigenvalue weighted by Crippen LogP contribution is 2.08. The standard InChI is InChI=1S/C9H20N4O3S2/c1-17-7-2-8(10)9(14)12-3-5-13(6-4-12)18(11,15)16/h8H,2-7,10H2,1H3,(H2,11,15,16)/t8-/m1/s1. The number of hydrogen-bond donors (Lipinski definition) is 2. The van der Waals surface area contributed by atoms with Crippen LogP contribution in [0.5, 0.6) is 0 Å². The van der Waals surface area contributed by atoms with E-state index in [1.54, 1.807) is 16.7 Å². The third-order valence-corrected chi connectivity index (χ3v) is 4.59. The highest BCUT2D eigenvalue weighted by Gasteiger charge is 2.28. The Hall–Kier alpha value is -0.350. The molecule has 106 valence electrons. The molecule has 1 rings (SSSR count). The van der Waals surface area contributed by atoms with E-state index in [0.717, 1.165) is 5.75 Å². The van der Waals surface area contributed by atoms with Gasteiger partial charge in [-0.3, -0.25) is 4.79 Å². The van der Waals surface area contributed by atoms with Gasteiger partial charge in [0.15, 0.2) is 0 Å². The van der Waals surface area contributed by atoms with Crippen LogP contribution in [-0.4, -0.2) is 67.8 Å². The van der Waals surface area contributed by atoms with E-state index in [9.17, 15) is 13.2 Å². The van der Waals surface area contributed by atoms with Crippen LogP contribution in [0.15, 0.2) is 0 Å². The molecule has 1 amide bonds. The monoisotopic (exact) mass is 296 g/mol. The van der Waals surface area contributed by atoms with Crippen molar-refractivity contribution in [2.45, 2.75) is 12.5 Å². The lowest BCUT2D eigenvalue weighted by atomic mass is 10.2. The molecule has 1 fully saturated rings. The molecule has 1 atom stereocenters. The third kappa shape index (κ3) is 4.39. The van der Waals surface area contributed by atoms with Crippen molar-refractivity contribution >= 4 is 27.9 Å². The molecule has 0 aromatic heterocycles. The Bertz CT molecular complexity index is 379. The lowest BCUT2D eigenvalue weighted by molar-refractivity contribution is -0.133. The smallest absolute Gasteiger partial charge is 0.277 e. The van der Waals surface area contributed by atoms with Gasteiger partial charge in [-0.15, -0.1) is 0 Å². The molecule has 7 nitrogen and oxygen atoms in total. The minimum Gasteiger partial charge on any atom is -0.339 e. The normalized spacial score (nSPS) is 19.8. The van der Waals surface area contributed by atoms with E-state index in [2.05, 4.69) is 0 Å². The molecular formula is C9H20N4O3S2. The molecule has 1 heterocycles. The Labute approximate surface area is 112 Å². The number of nitrogens with two attached hydrogens (primary N) is 2. The van der Waals surface area contributed by atoms with Crippen LogP contribution in [0, 0.1) is 0 Å². The number of amides is 1. The van der Waals surface area contributed by atoms with Crippen molar-refractivity contribution in [2.75, 3.05) is 38.2 Å². The van der Waals surface area contributed by atoms with Gasteiger partial charge in [-0.25, -0.2) is 5.14 Å². The fourth-order valence-electron chi connectivity index (χ4n) is 1.77. The van der Waals surface area contributed by atoms with E-state index in [1.807, 2.05) is 6.26 Å². The van der Waals surface area contributed by atoms with Gasteiger partial charge in [0.25, 0.3) is 10.2 Å². The first-order chi connectivity index (χ1) is 8.36. The summed E-state index contributed by atoms with van der Waals surface area (Å²) in [5.74, 6) is 0.724. The zero-order valence-corrected chi connectivity index (χ0v) is 12.0. The predicted octanol–water partition coefficient (Wildman–Crippen LogP) is -1.59. The van der Waals surface area contributed by atoms with Crippen LogP contribution in [0.2, 0.25) is 0 Å². The molecule has 1 saturated heterocycles. The van der Waals surface area contributed by atoms with Crippen LogP contribution in [0.1, 0.15) is 6.42 Å². The first-order valence-corrected chi connectivity index (χ1v) is 8.57. The molecule has 0 spiro atoms. The van der Waals surface area contributed by atoms with E-state index in [0.29, 0.717) is 19.5 Å². The van der Waals surface area contributed by atoms with Crippen molar-refractivity contribution < 1.29 is 13.2 Å². The van der Waals surface area contributed by atoms with Crippen molar-refractivity contribution in [3.05, 3.63) is 0 Å². The summed E-state index contributed by atoms with van der Waals surface area (Å²) in [6.45, 7) is 1.17. The molecule has 0 aromatic rings. The third-order valence-electron chi connectivity index (χ3n) is 2.86. The van der Waals surface area contributed by atoms with Crippen LogP contribution in [0.25, 0.3) is 0 Å². The summed E-state index contributed by atoms with van der Waals surface area (Å²) in [7, 11) is -3.65. The van der Waals surface area contributed by atoms with Crippen molar-refractivity contribution in [1.29, 1.82) is 0 Å². The Balaban J connectivity index is 2.45. The maximum Gasteiger partial charge on any atom is 0.277 e. The van der Waals surface area contributed by atoms with Gasteiger partial charge < -0.3 is 10.6 Å². The van der Waals surface area contributed by atoms with E-state index in [4.69, 9.17) is 10.9 Å². The maximum absolute atomic E-state index is 12.0. The highest BCUT2D eigenvalue weighted by atomic mass is 32.2. The summed E-state index contributed by atoms with van der Waals surface area (Å²) < 4.78 is 23.4. The van der Waals surface area contributed by atoms with Gasteiger partial charge in [0, 0.05) is 26.2 Å². The van der Waals surface area contributed by atoms with E-state index in [-0.39, 0.29) is 19.0 Å². The van der Waals surface area contributed by atoms with Gasteiger partial charge in [0.1, 0.15) is 0 Å². The van der Waals surface area contributed by atoms with Gasteiger partial charge in [-0.1, -0.05) is 0 Å². The predicted molar refractivity (Wildman–Crippen MR) is 72.2 cm³/mol. The van der Waals surface area contributed by atoms with Gasteiger partial charge in [-0.2, -0.15) is 24.5 Å². The average molecular weight is 296 g/mol. The van der Waals surface area contributed by atoms with Crippen LogP contribution in [0.4, 0.5) is 0 Å². The first-order valence-electron chi connectivity index (χ1n) is 5.67. The number of piperazine rings is 1. The van der Waals surface area contributed by atoms with E-state index >= 15 is 0 Å². The molecule has 9 heteroatoms. The van der Waals surface area contributed by atoms with Gasteiger partial charge in [0.2, 0.25) is 5.91 Å². The van der Waals surface area contributed by atoms with Crippen molar-refractivity contribution in [3.8, 4) is 0 Å². The highest BCUT2D eigenvalue weighted by molar-refractivity contribution is 7.98. The minimum atomic E-state index is -3.65. The largest absolute Gasteiger partial charge is 0.339 e. The summed E-state index contributed by atoms with van der Waals surface area (Å²) in [4.78, 5) is 13.6. The van der Waals surface area contributed by atoms with Gasteiger partial charge >= 0.3 is 0 Å². The average Bonchev–Trinajstić information content (AvgIpc) is 2.34. The van der Waals surface area contributed by atoms with Crippen molar-refractivity contribution in [3.63, 3.8) is 0 Å². The number of carbonyl (C=O) groups is 1.